The van der Waals surface area contributed by atoms with Crippen LogP contribution in [0.25, 0.3) is 0 Å². The van der Waals surface area contributed by atoms with Crippen LogP contribution in [0.5, 0.6) is 5.75 Å². The van der Waals surface area contributed by atoms with Crippen LogP contribution in [0.1, 0.15) is 30.6 Å². The van der Waals surface area contributed by atoms with Crippen LogP contribution in [0.4, 0.5) is 5.69 Å². The maximum atomic E-state index is 11.9. The van der Waals surface area contributed by atoms with E-state index < -0.39 is 5.60 Å². The molecule has 108 valence electrons. The molecule has 0 aliphatic carbocycles. The van der Waals surface area contributed by atoms with Crippen molar-refractivity contribution >= 4 is 17.5 Å². The maximum absolute atomic E-state index is 11.9. The molecular weight excluding hydrogens is 258 g/mol. The van der Waals surface area contributed by atoms with E-state index in [2.05, 4.69) is 10.6 Å². The minimum Gasteiger partial charge on any atom is -0.485 e. The fourth-order valence-electron chi connectivity index (χ4n) is 2.06. The van der Waals surface area contributed by atoms with E-state index in [1.54, 1.807) is 18.2 Å². The van der Waals surface area contributed by atoms with Crippen LogP contribution in [-0.4, -0.2) is 30.5 Å². The molecule has 0 spiro atoms. The molecule has 1 aromatic rings. The number of benzene rings is 1. The number of rotatable bonds is 3. The molecule has 0 saturated carbocycles. The zero-order valence-electron chi connectivity index (χ0n) is 11.7. The average Bonchev–Trinajstić information content (AvgIpc) is 2.47. The highest BCUT2D eigenvalue weighted by molar-refractivity contribution is 5.99. The molecule has 6 heteroatoms. The van der Waals surface area contributed by atoms with Crippen molar-refractivity contribution in [1.82, 2.24) is 5.32 Å². The number of hydrogen-bond donors (Lipinski definition) is 3. The second-order valence-electron chi connectivity index (χ2n) is 5.34. The van der Waals surface area contributed by atoms with Gasteiger partial charge < -0.3 is 21.1 Å². The Morgan fingerprint density at radius 3 is 2.95 bits per heavy atom. The quantitative estimate of drug-likeness (QED) is 0.764. The number of ether oxygens (including phenoxy) is 1. The van der Waals surface area contributed by atoms with E-state index in [4.69, 9.17) is 10.5 Å². The lowest BCUT2D eigenvalue weighted by molar-refractivity contribution is -0.118. The molecule has 1 aromatic carbocycles. The van der Waals surface area contributed by atoms with Gasteiger partial charge in [-0.05, 0) is 32.0 Å². The Kier molecular flexibility index (Phi) is 3.94. The molecule has 2 amide bonds. The number of anilines is 1. The molecule has 1 aliphatic heterocycles. The topological polar surface area (TPSA) is 93.5 Å². The lowest BCUT2D eigenvalue weighted by atomic mass is 10.1. The molecule has 2 rings (SSSR count). The number of nitrogens with one attached hydrogen (secondary N) is 2. The Hall–Kier alpha value is -2.08. The predicted molar refractivity (Wildman–Crippen MR) is 75.8 cm³/mol. The molecule has 0 aromatic heterocycles. The van der Waals surface area contributed by atoms with Crippen molar-refractivity contribution in [2.45, 2.75) is 25.9 Å². The van der Waals surface area contributed by atoms with Gasteiger partial charge in [-0.25, -0.2) is 0 Å². The number of fused-ring (bicyclic) bond motifs is 1. The third-order valence-electron chi connectivity index (χ3n) is 2.92. The van der Waals surface area contributed by atoms with Crippen LogP contribution in [0.2, 0.25) is 0 Å². The van der Waals surface area contributed by atoms with Gasteiger partial charge in [0.2, 0.25) is 5.91 Å². The van der Waals surface area contributed by atoms with Gasteiger partial charge in [0.05, 0.1) is 12.1 Å². The standard InChI is InChI=1S/C14H19N3O3/c1-14(2)8-12(18)17-10-7-9(3-4-11(10)20-14)13(19)16-6-5-15/h3-4,7H,5-6,8,15H2,1-2H3,(H,16,19)(H,17,18). The van der Waals surface area contributed by atoms with Crippen LogP contribution in [0.3, 0.4) is 0 Å². The van der Waals surface area contributed by atoms with Gasteiger partial charge >= 0.3 is 0 Å². The minimum atomic E-state index is -0.571. The first-order chi connectivity index (χ1) is 9.41. The van der Waals surface area contributed by atoms with E-state index in [-0.39, 0.29) is 18.2 Å². The summed E-state index contributed by atoms with van der Waals surface area (Å²) in [6.45, 7) is 4.49. The van der Waals surface area contributed by atoms with E-state index in [0.717, 1.165) is 0 Å². The van der Waals surface area contributed by atoms with E-state index in [1.807, 2.05) is 13.8 Å². The van der Waals surface area contributed by atoms with Gasteiger partial charge in [-0.15, -0.1) is 0 Å². The number of amides is 2. The van der Waals surface area contributed by atoms with Crippen LogP contribution in [-0.2, 0) is 4.79 Å². The van der Waals surface area contributed by atoms with E-state index in [9.17, 15) is 9.59 Å². The zero-order chi connectivity index (χ0) is 14.8. The fourth-order valence-corrected chi connectivity index (χ4v) is 2.06. The van der Waals surface area contributed by atoms with Crippen molar-refractivity contribution in [3.63, 3.8) is 0 Å². The lowest BCUT2D eigenvalue weighted by Gasteiger charge is -2.23. The van der Waals surface area contributed by atoms with Crippen molar-refractivity contribution < 1.29 is 14.3 Å². The molecule has 4 N–H and O–H groups in total. The van der Waals surface area contributed by atoms with Gasteiger partial charge in [0.25, 0.3) is 5.91 Å². The van der Waals surface area contributed by atoms with Crippen LogP contribution in [0, 0.1) is 0 Å². The van der Waals surface area contributed by atoms with E-state index in [1.165, 1.54) is 0 Å². The molecule has 20 heavy (non-hydrogen) atoms. The molecule has 1 heterocycles. The van der Waals surface area contributed by atoms with Crippen LogP contribution in [0.15, 0.2) is 18.2 Å². The Morgan fingerprint density at radius 1 is 1.50 bits per heavy atom. The number of nitrogens with two attached hydrogens (primary N) is 1. The molecular formula is C14H19N3O3. The predicted octanol–water partition coefficient (Wildman–Crippen LogP) is 0.875. The lowest BCUT2D eigenvalue weighted by Crippen LogP contribution is -2.30. The van der Waals surface area contributed by atoms with Gasteiger partial charge in [0.15, 0.2) is 0 Å². The number of hydrogen-bond acceptors (Lipinski definition) is 4. The van der Waals surface area contributed by atoms with Crippen molar-refractivity contribution in [1.29, 1.82) is 0 Å². The minimum absolute atomic E-state index is 0.131. The fraction of sp³-hybridized carbons (Fsp3) is 0.429. The van der Waals surface area contributed by atoms with Gasteiger partial charge in [0.1, 0.15) is 11.4 Å². The van der Waals surface area contributed by atoms with Gasteiger partial charge in [-0.3, -0.25) is 9.59 Å². The first-order valence-electron chi connectivity index (χ1n) is 6.52. The summed E-state index contributed by atoms with van der Waals surface area (Å²) >= 11 is 0. The maximum Gasteiger partial charge on any atom is 0.251 e. The second-order valence-corrected chi connectivity index (χ2v) is 5.34. The van der Waals surface area contributed by atoms with Crippen LogP contribution >= 0.6 is 0 Å². The van der Waals surface area contributed by atoms with E-state index >= 15 is 0 Å². The smallest absolute Gasteiger partial charge is 0.251 e. The molecule has 0 radical (unpaired) electrons. The third-order valence-corrected chi connectivity index (χ3v) is 2.92. The first-order valence-corrected chi connectivity index (χ1v) is 6.52. The van der Waals surface area contributed by atoms with Gasteiger partial charge in [-0.2, -0.15) is 0 Å². The van der Waals surface area contributed by atoms with Gasteiger partial charge in [-0.1, -0.05) is 0 Å². The number of carbonyl (C=O) groups is 2. The van der Waals surface area contributed by atoms with Crippen molar-refractivity contribution in [3.05, 3.63) is 23.8 Å². The third kappa shape index (κ3) is 3.27. The summed E-state index contributed by atoms with van der Waals surface area (Å²) in [4.78, 5) is 23.7. The van der Waals surface area contributed by atoms with Gasteiger partial charge in [0, 0.05) is 18.7 Å². The molecule has 0 atom stereocenters. The Morgan fingerprint density at radius 2 is 2.25 bits per heavy atom. The summed E-state index contributed by atoms with van der Waals surface area (Å²) in [6, 6.07) is 4.97. The van der Waals surface area contributed by atoms with Crippen molar-refractivity contribution in [3.8, 4) is 5.75 Å². The highest BCUT2D eigenvalue weighted by atomic mass is 16.5. The second kappa shape index (κ2) is 5.50. The highest BCUT2D eigenvalue weighted by Gasteiger charge is 2.29. The molecule has 0 fully saturated rings. The Balaban J connectivity index is 2.27. The van der Waals surface area contributed by atoms with E-state index in [0.29, 0.717) is 30.1 Å². The average molecular weight is 277 g/mol. The summed E-state index contributed by atoms with van der Waals surface area (Å²) < 4.78 is 5.80. The van der Waals surface area contributed by atoms with Crippen LogP contribution < -0.4 is 21.1 Å². The van der Waals surface area contributed by atoms with Crippen molar-refractivity contribution in [2.24, 2.45) is 5.73 Å². The number of carbonyl (C=O) groups excluding carboxylic acids is 2. The summed E-state index contributed by atoms with van der Waals surface area (Å²) in [5.41, 5.74) is 5.75. The summed E-state index contributed by atoms with van der Waals surface area (Å²) in [5.74, 6) is 0.209. The normalized spacial score (nSPS) is 16.4. The summed E-state index contributed by atoms with van der Waals surface area (Å²) in [7, 11) is 0. The first kappa shape index (κ1) is 14.3. The summed E-state index contributed by atoms with van der Waals surface area (Å²) in [5, 5.41) is 5.44. The Labute approximate surface area is 117 Å². The highest BCUT2D eigenvalue weighted by Crippen LogP contribution is 2.33. The summed E-state index contributed by atoms with van der Waals surface area (Å²) in [6.07, 6.45) is 0.260. The zero-order valence-corrected chi connectivity index (χ0v) is 11.7. The monoisotopic (exact) mass is 277 g/mol. The SMILES string of the molecule is CC1(C)CC(=O)Nc2cc(C(=O)NCCN)ccc2O1. The Bertz CT molecular complexity index is 540. The molecule has 1 aliphatic rings. The molecule has 6 nitrogen and oxygen atoms in total. The molecule has 0 bridgehead atoms. The molecule has 0 saturated heterocycles. The molecule has 0 unspecified atom stereocenters. The largest absolute Gasteiger partial charge is 0.485 e. The van der Waals surface area contributed by atoms with Crippen molar-refractivity contribution in [2.75, 3.05) is 18.4 Å².